The number of carboxylic acid groups (broad SMARTS) is 1. The summed E-state index contributed by atoms with van der Waals surface area (Å²) in [4.78, 5) is 24.7. The van der Waals surface area contributed by atoms with Gasteiger partial charge in [-0.05, 0) is 25.2 Å². The van der Waals surface area contributed by atoms with Crippen LogP contribution >= 0.6 is 0 Å². The van der Waals surface area contributed by atoms with Crippen LogP contribution in [0.15, 0.2) is 0 Å². The van der Waals surface area contributed by atoms with Gasteiger partial charge in [0.05, 0.1) is 0 Å². The Hall–Kier alpha value is -1.06. The molecule has 1 N–H and O–H groups in total. The van der Waals surface area contributed by atoms with E-state index in [-0.39, 0.29) is 5.91 Å². The van der Waals surface area contributed by atoms with Crippen LogP contribution in [0.5, 0.6) is 0 Å². The number of nitrogens with zero attached hydrogens (tertiary/aromatic N) is 1. The van der Waals surface area contributed by atoms with Gasteiger partial charge in [-0.15, -0.1) is 0 Å². The first-order valence-electron chi connectivity index (χ1n) is 7.21. The lowest BCUT2D eigenvalue weighted by Gasteiger charge is -2.24. The number of likely N-dealkylation sites (tertiary alicyclic amines) is 1. The molecule has 0 radical (unpaired) electrons. The van der Waals surface area contributed by atoms with Crippen molar-refractivity contribution in [2.24, 2.45) is 5.92 Å². The highest BCUT2D eigenvalue weighted by molar-refractivity contribution is 5.84. The molecule has 1 saturated carbocycles. The summed E-state index contributed by atoms with van der Waals surface area (Å²) in [5.41, 5.74) is 0. The van der Waals surface area contributed by atoms with Crippen LogP contribution in [0.2, 0.25) is 0 Å². The van der Waals surface area contributed by atoms with Gasteiger partial charge in [0.1, 0.15) is 6.04 Å². The second-order valence-electron chi connectivity index (χ2n) is 5.63. The standard InChI is InChI=1S/C14H23NO3/c16-13(9-8-11-5-2-1-3-6-11)15-10-4-7-12(15)14(17)18/h11-12H,1-10H2,(H,17,18)/t12-/m1/s1. The van der Waals surface area contributed by atoms with Crippen molar-refractivity contribution >= 4 is 11.9 Å². The van der Waals surface area contributed by atoms with E-state index in [1.54, 1.807) is 4.90 Å². The van der Waals surface area contributed by atoms with E-state index in [1.165, 1.54) is 32.1 Å². The summed E-state index contributed by atoms with van der Waals surface area (Å²) in [5, 5.41) is 9.06. The van der Waals surface area contributed by atoms with Crippen LogP contribution in [0, 0.1) is 5.92 Å². The molecular weight excluding hydrogens is 230 g/mol. The molecule has 0 bridgehead atoms. The summed E-state index contributed by atoms with van der Waals surface area (Å²) in [5.74, 6) is -0.113. The third-order valence-electron chi connectivity index (χ3n) is 4.35. The van der Waals surface area contributed by atoms with Crippen molar-refractivity contribution in [1.29, 1.82) is 0 Å². The van der Waals surface area contributed by atoms with E-state index < -0.39 is 12.0 Å². The number of hydrogen-bond donors (Lipinski definition) is 1. The van der Waals surface area contributed by atoms with Gasteiger partial charge in [-0.25, -0.2) is 4.79 Å². The Bertz CT molecular complexity index is 310. The Morgan fingerprint density at radius 2 is 1.78 bits per heavy atom. The minimum atomic E-state index is -0.849. The van der Waals surface area contributed by atoms with Crippen molar-refractivity contribution < 1.29 is 14.7 Å². The molecule has 0 unspecified atom stereocenters. The van der Waals surface area contributed by atoms with E-state index in [0.717, 1.165) is 12.8 Å². The van der Waals surface area contributed by atoms with E-state index in [0.29, 0.717) is 25.3 Å². The fraction of sp³-hybridized carbons (Fsp3) is 0.857. The number of rotatable bonds is 4. The number of carbonyl (C=O) groups excluding carboxylic acids is 1. The Morgan fingerprint density at radius 1 is 1.06 bits per heavy atom. The van der Waals surface area contributed by atoms with Crippen LogP contribution in [0.25, 0.3) is 0 Å². The molecule has 18 heavy (non-hydrogen) atoms. The van der Waals surface area contributed by atoms with Crippen molar-refractivity contribution in [1.82, 2.24) is 4.90 Å². The Labute approximate surface area is 108 Å². The van der Waals surface area contributed by atoms with Crippen molar-refractivity contribution in [3.05, 3.63) is 0 Å². The zero-order valence-electron chi connectivity index (χ0n) is 10.9. The quantitative estimate of drug-likeness (QED) is 0.837. The Morgan fingerprint density at radius 3 is 2.44 bits per heavy atom. The monoisotopic (exact) mass is 253 g/mol. The summed E-state index contributed by atoms with van der Waals surface area (Å²) in [6.07, 6.45) is 9.33. The van der Waals surface area contributed by atoms with Gasteiger partial charge in [-0.1, -0.05) is 32.1 Å². The van der Waals surface area contributed by atoms with E-state index in [4.69, 9.17) is 5.11 Å². The minimum Gasteiger partial charge on any atom is -0.480 e. The first kappa shape index (κ1) is 13.4. The molecule has 0 spiro atoms. The van der Waals surface area contributed by atoms with Crippen LogP contribution in [0.3, 0.4) is 0 Å². The van der Waals surface area contributed by atoms with Crippen LogP contribution in [-0.2, 0) is 9.59 Å². The van der Waals surface area contributed by atoms with Gasteiger partial charge in [0, 0.05) is 13.0 Å². The lowest BCUT2D eigenvalue weighted by molar-refractivity contribution is -0.148. The second-order valence-corrected chi connectivity index (χ2v) is 5.63. The molecule has 102 valence electrons. The predicted molar refractivity (Wildman–Crippen MR) is 68.2 cm³/mol. The molecule has 2 rings (SSSR count). The molecule has 1 aliphatic carbocycles. The smallest absolute Gasteiger partial charge is 0.326 e. The molecule has 1 amide bonds. The summed E-state index contributed by atoms with van der Waals surface area (Å²) in [6.45, 7) is 0.625. The maximum absolute atomic E-state index is 12.1. The van der Waals surface area contributed by atoms with Gasteiger partial charge >= 0.3 is 5.97 Å². The SMILES string of the molecule is O=C(O)[C@H]1CCCN1C(=O)CCC1CCCCC1. The average molecular weight is 253 g/mol. The van der Waals surface area contributed by atoms with Gasteiger partial charge in [0.25, 0.3) is 0 Å². The van der Waals surface area contributed by atoms with Gasteiger partial charge < -0.3 is 10.0 Å². The fourth-order valence-electron chi connectivity index (χ4n) is 3.27. The molecule has 1 atom stereocenters. The molecule has 1 saturated heterocycles. The maximum atomic E-state index is 12.1. The fourth-order valence-corrected chi connectivity index (χ4v) is 3.27. The highest BCUT2D eigenvalue weighted by Crippen LogP contribution is 2.28. The second kappa shape index (κ2) is 6.21. The van der Waals surface area contributed by atoms with Gasteiger partial charge in [-0.3, -0.25) is 4.79 Å². The van der Waals surface area contributed by atoms with E-state index in [2.05, 4.69) is 0 Å². The average Bonchev–Trinajstić information content (AvgIpc) is 2.86. The predicted octanol–water partition coefficient (Wildman–Crippen LogP) is 2.42. The third kappa shape index (κ3) is 3.24. The number of hydrogen-bond acceptors (Lipinski definition) is 2. The van der Waals surface area contributed by atoms with Crippen molar-refractivity contribution in [2.75, 3.05) is 6.54 Å². The highest BCUT2D eigenvalue weighted by Gasteiger charge is 2.33. The molecule has 0 aromatic heterocycles. The summed E-state index contributed by atoms with van der Waals surface area (Å²) in [6, 6.07) is -0.566. The zero-order chi connectivity index (χ0) is 13.0. The number of amides is 1. The van der Waals surface area contributed by atoms with Gasteiger partial charge in [0.2, 0.25) is 5.91 Å². The Kier molecular flexibility index (Phi) is 4.61. The lowest BCUT2D eigenvalue weighted by Crippen LogP contribution is -2.40. The van der Waals surface area contributed by atoms with Gasteiger partial charge in [-0.2, -0.15) is 0 Å². The molecule has 2 fully saturated rings. The molecule has 4 heteroatoms. The molecule has 2 aliphatic rings. The molecule has 4 nitrogen and oxygen atoms in total. The normalized spacial score (nSPS) is 25.3. The third-order valence-corrected chi connectivity index (χ3v) is 4.35. The molecule has 1 aliphatic heterocycles. The number of carbonyl (C=O) groups is 2. The zero-order valence-corrected chi connectivity index (χ0v) is 10.9. The number of carboxylic acids is 1. The first-order chi connectivity index (χ1) is 8.68. The van der Waals surface area contributed by atoms with Crippen LogP contribution in [0.4, 0.5) is 0 Å². The number of aliphatic carboxylic acids is 1. The largest absolute Gasteiger partial charge is 0.480 e. The minimum absolute atomic E-state index is 0.0467. The maximum Gasteiger partial charge on any atom is 0.326 e. The van der Waals surface area contributed by atoms with E-state index in [1.807, 2.05) is 0 Å². The van der Waals surface area contributed by atoms with E-state index >= 15 is 0 Å². The Balaban J connectivity index is 1.78. The molecule has 0 aromatic carbocycles. The van der Waals surface area contributed by atoms with Crippen LogP contribution in [0.1, 0.15) is 57.8 Å². The van der Waals surface area contributed by atoms with Crippen molar-refractivity contribution in [2.45, 2.75) is 63.8 Å². The summed E-state index contributed by atoms with van der Waals surface area (Å²) in [7, 11) is 0. The van der Waals surface area contributed by atoms with Crippen LogP contribution < -0.4 is 0 Å². The lowest BCUT2D eigenvalue weighted by atomic mass is 9.86. The molecular formula is C14H23NO3. The molecule has 1 heterocycles. The highest BCUT2D eigenvalue weighted by atomic mass is 16.4. The molecule has 0 aromatic rings. The van der Waals surface area contributed by atoms with Gasteiger partial charge in [0.15, 0.2) is 0 Å². The van der Waals surface area contributed by atoms with Crippen LogP contribution in [-0.4, -0.2) is 34.5 Å². The first-order valence-corrected chi connectivity index (χ1v) is 7.21. The van der Waals surface area contributed by atoms with Crippen molar-refractivity contribution in [3.63, 3.8) is 0 Å². The van der Waals surface area contributed by atoms with Crippen molar-refractivity contribution in [3.8, 4) is 0 Å². The summed E-state index contributed by atoms with van der Waals surface area (Å²) >= 11 is 0. The van der Waals surface area contributed by atoms with E-state index in [9.17, 15) is 9.59 Å². The topological polar surface area (TPSA) is 57.6 Å². The summed E-state index contributed by atoms with van der Waals surface area (Å²) < 4.78 is 0.